The van der Waals surface area contributed by atoms with E-state index in [4.69, 9.17) is 5.11 Å². The summed E-state index contributed by atoms with van der Waals surface area (Å²) in [4.78, 5) is 37.6. The van der Waals surface area contributed by atoms with Crippen molar-refractivity contribution in [1.82, 2.24) is 5.32 Å². The SMILES string of the molecule is CC(C)C(NC(=O)C1CCN(c2ccccc2Br)C1=O)C(=O)O. The second-order valence-electron chi connectivity index (χ2n) is 5.85. The molecule has 1 fully saturated rings. The summed E-state index contributed by atoms with van der Waals surface area (Å²) in [5.74, 6) is -3.02. The number of carbonyl (C=O) groups is 3. The topological polar surface area (TPSA) is 86.7 Å². The summed E-state index contributed by atoms with van der Waals surface area (Å²) in [7, 11) is 0. The zero-order valence-electron chi connectivity index (χ0n) is 13.0. The van der Waals surface area contributed by atoms with Gasteiger partial charge in [0.15, 0.2) is 0 Å². The summed E-state index contributed by atoms with van der Waals surface area (Å²) in [6, 6.07) is 6.30. The Hall–Kier alpha value is -1.89. The molecular formula is C16H19BrN2O4. The van der Waals surface area contributed by atoms with Crippen molar-refractivity contribution in [3.05, 3.63) is 28.7 Å². The highest BCUT2D eigenvalue weighted by atomic mass is 79.9. The lowest BCUT2D eigenvalue weighted by molar-refractivity contribution is -0.144. The molecule has 2 amide bonds. The van der Waals surface area contributed by atoms with Crippen LogP contribution in [0, 0.1) is 11.8 Å². The van der Waals surface area contributed by atoms with Crippen LogP contribution < -0.4 is 10.2 Å². The first-order valence-corrected chi connectivity index (χ1v) is 8.21. The quantitative estimate of drug-likeness (QED) is 0.762. The van der Waals surface area contributed by atoms with Gasteiger partial charge < -0.3 is 15.3 Å². The number of benzene rings is 1. The third-order valence-corrected chi connectivity index (χ3v) is 4.57. The van der Waals surface area contributed by atoms with Crippen LogP contribution in [0.4, 0.5) is 5.69 Å². The Balaban J connectivity index is 2.11. The molecule has 124 valence electrons. The van der Waals surface area contributed by atoms with Gasteiger partial charge >= 0.3 is 5.97 Å². The Morgan fingerprint density at radius 2 is 2.00 bits per heavy atom. The minimum Gasteiger partial charge on any atom is -0.480 e. The molecule has 1 saturated heterocycles. The van der Waals surface area contributed by atoms with Crippen molar-refractivity contribution in [3.8, 4) is 0 Å². The maximum Gasteiger partial charge on any atom is 0.326 e. The van der Waals surface area contributed by atoms with Gasteiger partial charge in [-0.15, -0.1) is 0 Å². The van der Waals surface area contributed by atoms with Gasteiger partial charge in [0.1, 0.15) is 12.0 Å². The molecule has 0 aliphatic carbocycles. The van der Waals surface area contributed by atoms with Crippen LogP contribution in [0.25, 0.3) is 0 Å². The molecule has 2 unspecified atom stereocenters. The first-order chi connectivity index (χ1) is 10.8. The van der Waals surface area contributed by atoms with Crippen molar-refractivity contribution in [2.45, 2.75) is 26.3 Å². The Morgan fingerprint density at radius 3 is 2.57 bits per heavy atom. The first kappa shape index (κ1) is 17.5. The number of rotatable bonds is 5. The number of hydrogen-bond donors (Lipinski definition) is 2. The largest absolute Gasteiger partial charge is 0.480 e. The molecule has 6 nitrogen and oxygen atoms in total. The van der Waals surface area contributed by atoms with Gasteiger partial charge in [0.2, 0.25) is 11.8 Å². The van der Waals surface area contributed by atoms with E-state index >= 15 is 0 Å². The van der Waals surface area contributed by atoms with E-state index in [1.54, 1.807) is 24.8 Å². The van der Waals surface area contributed by atoms with E-state index in [9.17, 15) is 14.4 Å². The van der Waals surface area contributed by atoms with Crippen molar-refractivity contribution < 1.29 is 19.5 Å². The predicted molar refractivity (Wildman–Crippen MR) is 89.0 cm³/mol. The summed E-state index contributed by atoms with van der Waals surface area (Å²) in [6.45, 7) is 3.85. The van der Waals surface area contributed by atoms with Gasteiger partial charge in [-0.2, -0.15) is 0 Å². The fourth-order valence-electron chi connectivity index (χ4n) is 2.60. The number of carbonyl (C=O) groups excluding carboxylic acids is 2. The Labute approximate surface area is 143 Å². The minimum absolute atomic E-state index is 0.257. The van der Waals surface area contributed by atoms with Crippen LogP contribution in [0.2, 0.25) is 0 Å². The van der Waals surface area contributed by atoms with E-state index in [0.29, 0.717) is 18.7 Å². The Morgan fingerprint density at radius 1 is 1.35 bits per heavy atom. The van der Waals surface area contributed by atoms with Gasteiger partial charge in [-0.25, -0.2) is 4.79 Å². The molecule has 0 bridgehead atoms. The van der Waals surface area contributed by atoms with E-state index in [1.807, 2.05) is 18.2 Å². The van der Waals surface area contributed by atoms with Crippen molar-refractivity contribution in [2.24, 2.45) is 11.8 Å². The minimum atomic E-state index is -1.10. The fraction of sp³-hybridized carbons (Fsp3) is 0.438. The molecule has 0 spiro atoms. The average Bonchev–Trinajstić information content (AvgIpc) is 2.86. The van der Waals surface area contributed by atoms with Gasteiger partial charge in [0.25, 0.3) is 0 Å². The second-order valence-corrected chi connectivity index (χ2v) is 6.71. The van der Waals surface area contributed by atoms with Crippen molar-refractivity contribution in [3.63, 3.8) is 0 Å². The number of carboxylic acid groups (broad SMARTS) is 1. The number of aliphatic carboxylic acids is 1. The number of amides is 2. The third kappa shape index (κ3) is 3.72. The lowest BCUT2D eigenvalue weighted by Gasteiger charge is -2.21. The van der Waals surface area contributed by atoms with Crippen LogP contribution in [-0.4, -0.2) is 35.5 Å². The van der Waals surface area contributed by atoms with Gasteiger partial charge in [0.05, 0.1) is 5.69 Å². The highest BCUT2D eigenvalue weighted by Gasteiger charge is 2.39. The first-order valence-electron chi connectivity index (χ1n) is 7.42. The number of halogens is 1. The number of carboxylic acids is 1. The zero-order chi connectivity index (χ0) is 17.1. The molecule has 7 heteroatoms. The maximum absolute atomic E-state index is 12.5. The molecule has 0 radical (unpaired) electrons. The molecule has 0 aromatic heterocycles. The third-order valence-electron chi connectivity index (χ3n) is 3.90. The normalized spacial score (nSPS) is 19.0. The standard InChI is InChI=1S/C16H19BrN2O4/c1-9(2)13(16(22)23)18-14(20)10-7-8-19(15(10)21)12-6-4-3-5-11(12)17/h3-6,9-10,13H,7-8H2,1-2H3,(H,18,20)(H,22,23). The molecule has 1 aliphatic rings. The molecule has 0 saturated carbocycles. The van der Waals surface area contributed by atoms with Crippen LogP contribution >= 0.6 is 15.9 Å². The zero-order valence-corrected chi connectivity index (χ0v) is 14.5. The summed E-state index contributed by atoms with van der Waals surface area (Å²) in [6.07, 6.45) is 0.371. The number of para-hydroxylation sites is 1. The summed E-state index contributed by atoms with van der Waals surface area (Å²) in [5, 5.41) is 11.6. The monoisotopic (exact) mass is 382 g/mol. The maximum atomic E-state index is 12.5. The highest BCUT2D eigenvalue weighted by Crippen LogP contribution is 2.31. The van der Waals surface area contributed by atoms with Crippen LogP contribution in [0.15, 0.2) is 28.7 Å². The van der Waals surface area contributed by atoms with E-state index in [0.717, 1.165) is 4.47 Å². The molecule has 1 aliphatic heterocycles. The molecule has 23 heavy (non-hydrogen) atoms. The molecule has 2 rings (SSSR count). The lowest BCUT2D eigenvalue weighted by atomic mass is 10.0. The van der Waals surface area contributed by atoms with Gasteiger partial charge in [-0.3, -0.25) is 9.59 Å². The van der Waals surface area contributed by atoms with E-state index in [1.165, 1.54) is 0 Å². The van der Waals surface area contributed by atoms with Crippen molar-refractivity contribution >= 4 is 39.4 Å². The molecule has 1 aromatic rings. The molecule has 2 atom stereocenters. The number of anilines is 1. The van der Waals surface area contributed by atoms with E-state index < -0.39 is 23.8 Å². The van der Waals surface area contributed by atoms with Gasteiger partial charge in [0, 0.05) is 11.0 Å². The van der Waals surface area contributed by atoms with Gasteiger partial charge in [-0.05, 0) is 40.4 Å². The predicted octanol–water partition coefficient (Wildman–Crippen LogP) is 2.03. The lowest BCUT2D eigenvalue weighted by Crippen LogP contribution is -2.48. The van der Waals surface area contributed by atoms with Crippen LogP contribution in [0.5, 0.6) is 0 Å². The smallest absolute Gasteiger partial charge is 0.326 e. The van der Waals surface area contributed by atoms with Crippen LogP contribution in [-0.2, 0) is 14.4 Å². The fourth-order valence-corrected chi connectivity index (χ4v) is 3.10. The summed E-state index contributed by atoms with van der Waals surface area (Å²) in [5.41, 5.74) is 0.714. The molecule has 1 heterocycles. The van der Waals surface area contributed by atoms with E-state index in [2.05, 4.69) is 21.2 Å². The van der Waals surface area contributed by atoms with Crippen LogP contribution in [0.3, 0.4) is 0 Å². The second kappa shape index (κ2) is 7.12. The average molecular weight is 383 g/mol. The van der Waals surface area contributed by atoms with Gasteiger partial charge in [-0.1, -0.05) is 26.0 Å². The number of nitrogens with one attached hydrogen (secondary N) is 1. The van der Waals surface area contributed by atoms with Crippen LogP contribution in [0.1, 0.15) is 20.3 Å². The van der Waals surface area contributed by atoms with Crippen molar-refractivity contribution in [2.75, 3.05) is 11.4 Å². The Kier molecular flexibility index (Phi) is 5.41. The number of hydrogen-bond acceptors (Lipinski definition) is 3. The van der Waals surface area contributed by atoms with Crippen molar-refractivity contribution in [1.29, 1.82) is 0 Å². The molecular weight excluding hydrogens is 364 g/mol. The molecule has 1 aromatic carbocycles. The molecule has 2 N–H and O–H groups in total. The summed E-state index contributed by atoms with van der Waals surface area (Å²) < 4.78 is 0.778. The van der Waals surface area contributed by atoms with E-state index in [-0.39, 0.29) is 11.8 Å². The highest BCUT2D eigenvalue weighted by molar-refractivity contribution is 9.10. The Bertz CT molecular complexity index is 632. The number of nitrogens with zero attached hydrogens (tertiary/aromatic N) is 1. The summed E-state index contributed by atoms with van der Waals surface area (Å²) >= 11 is 3.40.